The fourth-order valence-corrected chi connectivity index (χ4v) is 12.9. The molecule has 1 saturated heterocycles. The van der Waals surface area contributed by atoms with E-state index in [4.69, 9.17) is 9.47 Å². The Morgan fingerprint density at radius 1 is 1.04 bits per heavy atom. The molecule has 9 rings (SSSR count). The molecule has 6 aliphatic rings. The Morgan fingerprint density at radius 3 is 2.49 bits per heavy atom. The molecule has 45 heavy (non-hydrogen) atoms. The molecule has 4 heterocycles. The second-order valence-electron chi connectivity index (χ2n) is 17.6. The SMILES string of the molecule is C=C(C)c1c(O)c2c3c(cc4c5c(n1c42)[C@@]1(C)[C@@H](CC[C@H]2[C@]4(C)CC(O)O[C@H]4CC[C@@]21C)C5)C1=CC(C)(C)OC(C)(C)[C@H]1[C@@H]3O. The molecule has 2 saturated carbocycles. The number of hydrogen-bond acceptors (Lipinski definition) is 5. The summed E-state index contributed by atoms with van der Waals surface area (Å²) < 4.78 is 15.0. The predicted octanol–water partition coefficient (Wildman–Crippen LogP) is 7.66. The molecule has 9 atom stereocenters. The third kappa shape index (κ3) is 3.08. The van der Waals surface area contributed by atoms with E-state index in [0.717, 1.165) is 71.0 Å². The Balaban J connectivity index is 1.35. The van der Waals surface area contributed by atoms with Gasteiger partial charge in [-0.15, -0.1) is 0 Å². The van der Waals surface area contributed by atoms with Gasteiger partial charge in [-0.25, -0.2) is 0 Å². The van der Waals surface area contributed by atoms with Crippen LogP contribution >= 0.6 is 0 Å². The molecule has 0 spiro atoms. The van der Waals surface area contributed by atoms with Gasteiger partial charge in [-0.05, 0) is 118 Å². The molecule has 0 radical (unpaired) electrons. The monoisotopic (exact) mass is 611 g/mol. The van der Waals surface area contributed by atoms with Gasteiger partial charge in [0.05, 0.1) is 34.6 Å². The number of rotatable bonds is 1. The Bertz CT molecular complexity index is 1880. The maximum atomic E-state index is 12.2. The second kappa shape index (κ2) is 8.18. The highest BCUT2D eigenvalue weighted by molar-refractivity contribution is 6.11. The second-order valence-corrected chi connectivity index (χ2v) is 17.6. The van der Waals surface area contributed by atoms with Gasteiger partial charge in [-0.2, -0.15) is 0 Å². The van der Waals surface area contributed by atoms with E-state index in [2.05, 4.69) is 71.6 Å². The van der Waals surface area contributed by atoms with Crippen LogP contribution in [0.15, 0.2) is 18.7 Å². The summed E-state index contributed by atoms with van der Waals surface area (Å²) in [7, 11) is 0. The normalized spacial score (nSPS) is 42.2. The van der Waals surface area contributed by atoms with Crippen molar-refractivity contribution >= 4 is 27.4 Å². The molecule has 3 aromatic rings. The summed E-state index contributed by atoms with van der Waals surface area (Å²) in [6, 6.07) is 2.35. The first-order valence-electron chi connectivity index (χ1n) is 17.3. The zero-order valence-electron chi connectivity index (χ0n) is 28.2. The maximum Gasteiger partial charge on any atom is 0.155 e. The zero-order chi connectivity index (χ0) is 32.0. The summed E-state index contributed by atoms with van der Waals surface area (Å²) in [5.41, 5.74) is 7.18. The molecule has 1 aromatic carbocycles. The predicted molar refractivity (Wildman–Crippen MR) is 176 cm³/mol. The van der Waals surface area contributed by atoms with Gasteiger partial charge in [0, 0.05) is 45.2 Å². The minimum atomic E-state index is -0.787. The molecule has 6 nitrogen and oxygen atoms in total. The number of benzene rings is 1. The van der Waals surface area contributed by atoms with Crippen LogP contribution in [0.2, 0.25) is 0 Å². The van der Waals surface area contributed by atoms with E-state index in [-0.39, 0.29) is 34.0 Å². The lowest BCUT2D eigenvalue weighted by Gasteiger charge is -2.64. The lowest BCUT2D eigenvalue weighted by molar-refractivity contribution is -0.157. The number of nitrogens with zero attached hydrogens (tertiary/aromatic N) is 1. The number of ether oxygens (including phenoxy) is 2. The summed E-state index contributed by atoms with van der Waals surface area (Å²) >= 11 is 0. The van der Waals surface area contributed by atoms with Crippen molar-refractivity contribution in [3.05, 3.63) is 46.8 Å². The van der Waals surface area contributed by atoms with Gasteiger partial charge in [0.1, 0.15) is 5.75 Å². The van der Waals surface area contributed by atoms with E-state index in [1.165, 1.54) is 16.6 Å². The minimum absolute atomic E-state index is 0.00308. The average Bonchev–Trinajstić information content (AvgIpc) is 3.65. The smallest absolute Gasteiger partial charge is 0.155 e. The Morgan fingerprint density at radius 2 is 1.78 bits per heavy atom. The van der Waals surface area contributed by atoms with Crippen molar-refractivity contribution in [2.24, 2.45) is 28.6 Å². The van der Waals surface area contributed by atoms with Crippen molar-refractivity contribution in [1.82, 2.24) is 4.40 Å². The molecule has 4 aliphatic carbocycles. The highest BCUT2D eigenvalue weighted by Gasteiger charge is 2.69. The average molecular weight is 612 g/mol. The van der Waals surface area contributed by atoms with Crippen LogP contribution in [-0.2, 0) is 21.3 Å². The van der Waals surface area contributed by atoms with E-state index in [0.29, 0.717) is 18.3 Å². The van der Waals surface area contributed by atoms with Crippen LogP contribution < -0.4 is 0 Å². The Hall–Kier alpha value is -2.38. The van der Waals surface area contributed by atoms with Gasteiger partial charge in [0.2, 0.25) is 0 Å². The van der Waals surface area contributed by atoms with Gasteiger partial charge in [0.15, 0.2) is 6.29 Å². The fraction of sp³-hybridized carbons (Fsp3) is 0.641. The van der Waals surface area contributed by atoms with Crippen molar-refractivity contribution in [2.45, 2.75) is 129 Å². The molecule has 1 unspecified atom stereocenters. The summed E-state index contributed by atoms with van der Waals surface area (Å²) in [6.07, 6.45) is 6.88. The molecule has 6 heteroatoms. The van der Waals surface area contributed by atoms with Crippen LogP contribution in [0.25, 0.3) is 27.4 Å². The van der Waals surface area contributed by atoms with E-state index in [1.807, 2.05) is 6.92 Å². The van der Waals surface area contributed by atoms with Crippen LogP contribution in [0, 0.1) is 28.6 Å². The zero-order valence-corrected chi connectivity index (χ0v) is 28.2. The molecule has 240 valence electrons. The highest BCUT2D eigenvalue weighted by Crippen LogP contribution is 2.72. The number of allylic oxidation sites excluding steroid dienone is 1. The Labute approximate surface area is 266 Å². The van der Waals surface area contributed by atoms with Gasteiger partial charge < -0.3 is 29.2 Å². The summed E-state index contributed by atoms with van der Waals surface area (Å²) in [5.74, 6) is 0.945. The molecule has 0 amide bonds. The molecule has 3 N–H and O–H groups in total. The third-order valence-electron chi connectivity index (χ3n) is 14.4. The van der Waals surface area contributed by atoms with Crippen LogP contribution in [0.3, 0.4) is 0 Å². The standard InChI is InChI=1S/C39H49NO5/c1-18(2)30-33(43)28-27-20(23-16-35(3,4)45-36(5,6)29(23)32(27)42)15-21-22-14-19-10-11-24-37(7)17-26(41)44-25(37)12-13-38(24,8)39(19,9)34(22)40(30)31(21)28/h15-16,19,24-26,29,32,41-43H,1,10-14,17H2,2-9H3/t19-,24-,25-,26?,29+,32+,37-,38-,39+/m0/s1. The van der Waals surface area contributed by atoms with E-state index < -0.39 is 23.6 Å². The largest absolute Gasteiger partial charge is 0.505 e. The summed E-state index contributed by atoms with van der Waals surface area (Å²) in [6.45, 7) is 22.2. The molecule has 2 aliphatic heterocycles. The van der Waals surface area contributed by atoms with Crippen LogP contribution in [0.4, 0.5) is 0 Å². The molecule has 3 fully saturated rings. The minimum Gasteiger partial charge on any atom is -0.505 e. The maximum absolute atomic E-state index is 12.2. The number of aromatic nitrogens is 1. The van der Waals surface area contributed by atoms with Crippen LogP contribution in [0.5, 0.6) is 5.75 Å². The molecular formula is C39H49NO5. The van der Waals surface area contributed by atoms with Crippen molar-refractivity contribution in [3.8, 4) is 5.75 Å². The van der Waals surface area contributed by atoms with Crippen LogP contribution in [0.1, 0.15) is 122 Å². The fourth-order valence-electron chi connectivity index (χ4n) is 12.9. The first kappa shape index (κ1) is 28.8. The van der Waals surface area contributed by atoms with Crippen molar-refractivity contribution in [1.29, 1.82) is 0 Å². The van der Waals surface area contributed by atoms with E-state index in [9.17, 15) is 15.3 Å². The third-order valence-corrected chi connectivity index (χ3v) is 14.4. The number of fused-ring (bicyclic) bond motifs is 13. The first-order valence-corrected chi connectivity index (χ1v) is 17.3. The molecule has 2 aromatic heterocycles. The Kier molecular flexibility index (Phi) is 5.24. The number of aromatic hydroxyl groups is 1. The lowest BCUT2D eigenvalue weighted by atomic mass is 9.40. The summed E-state index contributed by atoms with van der Waals surface area (Å²) in [4.78, 5) is 0. The first-order chi connectivity index (χ1) is 21.0. The van der Waals surface area contributed by atoms with Gasteiger partial charge in [-0.1, -0.05) is 27.4 Å². The summed E-state index contributed by atoms with van der Waals surface area (Å²) in [5, 5.41) is 37.0. The van der Waals surface area contributed by atoms with Crippen LogP contribution in [-0.4, -0.2) is 43.3 Å². The number of aliphatic hydroxyl groups is 2. The highest BCUT2D eigenvalue weighted by atomic mass is 16.6. The van der Waals surface area contributed by atoms with E-state index >= 15 is 0 Å². The number of aliphatic hydroxyl groups excluding tert-OH is 2. The van der Waals surface area contributed by atoms with Crippen molar-refractivity contribution in [2.75, 3.05) is 0 Å². The van der Waals surface area contributed by atoms with Gasteiger partial charge in [0.25, 0.3) is 0 Å². The quantitative estimate of drug-likeness (QED) is 0.263. The van der Waals surface area contributed by atoms with E-state index in [1.54, 1.807) is 0 Å². The van der Waals surface area contributed by atoms with Gasteiger partial charge >= 0.3 is 0 Å². The lowest BCUT2D eigenvalue weighted by Crippen LogP contribution is -2.61. The number of hydrogen-bond donors (Lipinski definition) is 3. The van der Waals surface area contributed by atoms with Gasteiger partial charge in [-0.3, -0.25) is 0 Å². The van der Waals surface area contributed by atoms with Crippen molar-refractivity contribution in [3.63, 3.8) is 0 Å². The molecule has 0 bridgehead atoms. The molecular weight excluding hydrogens is 562 g/mol. The topological polar surface area (TPSA) is 83.6 Å². The van der Waals surface area contributed by atoms with Crippen molar-refractivity contribution < 1.29 is 24.8 Å².